The molecule has 0 saturated heterocycles. The number of carbonyl (C=O) groups excluding carboxylic acids is 2. The van der Waals surface area contributed by atoms with Crippen molar-refractivity contribution in [3.8, 4) is 0 Å². The van der Waals surface area contributed by atoms with Crippen LogP contribution in [0, 0.1) is 0 Å². The minimum atomic E-state index is 0.0437. The lowest BCUT2D eigenvalue weighted by Crippen LogP contribution is -2.36. The lowest BCUT2D eigenvalue weighted by molar-refractivity contribution is -0.122. The molecule has 134 valence electrons. The summed E-state index contributed by atoms with van der Waals surface area (Å²) in [7, 11) is 0. The van der Waals surface area contributed by atoms with Gasteiger partial charge in [0.05, 0.1) is 0 Å². The summed E-state index contributed by atoms with van der Waals surface area (Å²) in [5.41, 5.74) is 1.69. The van der Waals surface area contributed by atoms with Gasteiger partial charge in [-0.3, -0.25) is 9.59 Å². The molecule has 1 amide bonds. The van der Waals surface area contributed by atoms with E-state index < -0.39 is 0 Å². The molecule has 1 heterocycles. The zero-order valence-corrected chi connectivity index (χ0v) is 15.1. The van der Waals surface area contributed by atoms with Crippen LogP contribution >= 0.6 is 0 Å². The van der Waals surface area contributed by atoms with E-state index in [4.69, 9.17) is 0 Å². The highest BCUT2D eigenvalue weighted by molar-refractivity contribution is 6.08. The first-order chi connectivity index (χ1) is 12.2. The number of fused-ring (bicyclic) bond motifs is 1. The molecule has 1 saturated carbocycles. The van der Waals surface area contributed by atoms with Gasteiger partial charge in [-0.15, -0.1) is 0 Å². The maximum Gasteiger partial charge on any atom is 0.240 e. The summed E-state index contributed by atoms with van der Waals surface area (Å²) >= 11 is 0. The van der Waals surface area contributed by atoms with E-state index in [1.165, 1.54) is 25.7 Å². The first-order valence-electron chi connectivity index (χ1n) is 9.59. The van der Waals surface area contributed by atoms with Crippen LogP contribution in [0.25, 0.3) is 10.9 Å². The van der Waals surface area contributed by atoms with Gasteiger partial charge in [-0.1, -0.05) is 50.8 Å². The van der Waals surface area contributed by atoms with Crippen molar-refractivity contribution in [1.82, 2.24) is 9.88 Å². The molecule has 0 bridgehead atoms. The van der Waals surface area contributed by atoms with E-state index in [-0.39, 0.29) is 18.2 Å². The molecule has 0 aliphatic heterocycles. The second-order valence-electron chi connectivity index (χ2n) is 7.12. The first kappa shape index (κ1) is 17.7. The summed E-state index contributed by atoms with van der Waals surface area (Å²) in [6.45, 7) is 2.29. The Kier molecular flexibility index (Phi) is 5.90. The summed E-state index contributed by atoms with van der Waals surface area (Å²) in [6, 6.07) is 8.16. The van der Waals surface area contributed by atoms with E-state index >= 15 is 0 Å². The largest absolute Gasteiger partial charge is 0.352 e. The lowest BCUT2D eigenvalue weighted by Gasteiger charge is -2.16. The van der Waals surface area contributed by atoms with Crippen LogP contribution < -0.4 is 5.32 Å². The average molecular weight is 340 g/mol. The number of benzene rings is 1. The number of aromatic nitrogens is 1. The van der Waals surface area contributed by atoms with Crippen LogP contribution in [0.2, 0.25) is 0 Å². The van der Waals surface area contributed by atoms with Gasteiger partial charge in [0, 0.05) is 35.1 Å². The molecule has 4 heteroatoms. The Labute approximate surface area is 149 Å². The van der Waals surface area contributed by atoms with E-state index in [1.807, 2.05) is 42.0 Å². The monoisotopic (exact) mass is 340 g/mol. The Bertz CT molecular complexity index is 739. The fourth-order valence-corrected chi connectivity index (χ4v) is 3.81. The van der Waals surface area contributed by atoms with Crippen LogP contribution in [-0.2, 0) is 11.3 Å². The van der Waals surface area contributed by atoms with Gasteiger partial charge in [0.25, 0.3) is 0 Å². The first-order valence-corrected chi connectivity index (χ1v) is 9.59. The van der Waals surface area contributed by atoms with Crippen LogP contribution in [0.1, 0.15) is 68.6 Å². The minimum absolute atomic E-state index is 0.0437. The number of rotatable bonds is 6. The van der Waals surface area contributed by atoms with Gasteiger partial charge in [0.1, 0.15) is 6.54 Å². The van der Waals surface area contributed by atoms with E-state index in [0.717, 1.165) is 35.7 Å². The van der Waals surface area contributed by atoms with E-state index in [2.05, 4.69) is 5.32 Å². The number of hydrogen-bond donors (Lipinski definition) is 1. The average Bonchev–Trinajstić information content (AvgIpc) is 2.77. The molecule has 0 spiro atoms. The quantitative estimate of drug-likeness (QED) is 0.623. The molecule has 25 heavy (non-hydrogen) atoms. The Balaban J connectivity index is 1.76. The van der Waals surface area contributed by atoms with Crippen LogP contribution in [-0.4, -0.2) is 22.3 Å². The van der Waals surface area contributed by atoms with Gasteiger partial charge in [0.2, 0.25) is 5.91 Å². The van der Waals surface area contributed by atoms with E-state index in [0.29, 0.717) is 12.5 Å². The lowest BCUT2D eigenvalue weighted by atomic mass is 10.1. The molecule has 2 aromatic rings. The number of para-hydroxylation sites is 1. The molecule has 3 rings (SSSR count). The number of ketones is 1. The van der Waals surface area contributed by atoms with Crippen molar-refractivity contribution in [2.45, 2.75) is 70.9 Å². The summed E-state index contributed by atoms with van der Waals surface area (Å²) < 4.78 is 1.92. The number of hydrogen-bond acceptors (Lipinski definition) is 2. The van der Waals surface area contributed by atoms with Gasteiger partial charge in [-0.25, -0.2) is 0 Å². The second kappa shape index (κ2) is 8.32. The van der Waals surface area contributed by atoms with Crippen molar-refractivity contribution < 1.29 is 9.59 Å². The zero-order chi connectivity index (χ0) is 17.6. The molecule has 1 aliphatic rings. The van der Waals surface area contributed by atoms with Gasteiger partial charge < -0.3 is 9.88 Å². The SMILES string of the molecule is CCCC(=O)c1cn(CC(=O)NC2CCCCCC2)c2ccccc12. The summed E-state index contributed by atoms with van der Waals surface area (Å²) in [4.78, 5) is 24.9. The third kappa shape index (κ3) is 4.30. The molecule has 4 nitrogen and oxygen atoms in total. The minimum Gasteiger partial charge on any atom is -0.352 e. The molecule has 1 aromatic heterocycles. The summed E-state index contributed by atoms with van der Waals surface area (Å²) in [6.07, 6.45) is 10.4. The summed E-state index contributed by atoms with van der Waals surface area (Å²) in [5.74, 6) is 0.198. The van der Waals surface area contributed by atoms with Crippen LogP contribution in [0.5, 0.6) is 0 Å². The predicted molar refractivity (Wildman–Crippen MR) is 101 cm³/mol. The third-order valence-electron chi connectivity index (χ3n) is 5.10. The molecule has 0 unspecified atom stereocenters. The topological polar surface area (TPSA) is 51.1 Å². The maximum absolute atomic E-state index is 12.5. The highest BCUT2D eigenvalue weighted by Gasteiger charge is 2.18. The molecule has 1 aliphatic carbocycles. The van der Waals surface area contributed by atoms with Crippen molar-refractivity contribution in [1.29, 1.82) is 0 Å². The van der Waals surface area contributed by atoms with E-state index in [1.54, 1.807) is 0 Å². The molecule has 1 aromatic carbocycles. The molecule has 0 atom stereocenters. The Morgan fingerprint density at radius 1 is 1.12 bits per heavy atom. The smallest absolute Gasteiger partial charge is 0.240 e. The van der Waals surface area contributed by atoms with Gasteiger partial charge in [0.15, 0.2) is 5.78 Å². The second-order valence-corrected chi connectivity index (χ2v) is 7.12. The van der Waals surface area contributed by atoms with Crippen molar-refractivity contribution in [3.63, 3.8) is 0 Å². The van der Waals surface area contributed by atoms with Gasteiger partial charge >= 0.3 is 0 Å². The number of Topliss-reactive ketones (excluding diaryl/α,β-unsaturated/α-hetero) is 1. The number of amides is 1. The van der Waals surface area contributed by atoms with Crippen LogP contribution in [0.4, 0.5) is 0 Å². The Hall–Kier alpha value is -2.10. The molecule has 1 fully saturated rings. The van der Waals surface area contributed by atoms with E-state index in [9.17, 15) is 9.59 Å². The van der Waals surface area contributed by atoms with Gasteiger partial charge in [-0.05, 0) is 25.3 Å². The van der Waals surface area contributed by atoms with Crippen molar-refractivity contribution >= 4 is 22.6 Å². The van der Waals surface area contributed by atoms with Crippen molar-refractivity contribution in [2.75, 3.05) is 0 Å². The fourth-order valence-electron chi connectivity index (χ4n) is 3.81. The third-order valence-corrected chi connectivity index (χ3v) is 5.10. The van der Waals surface area contributed by atoms with Crippen molar-refractivity contribution in [3.05, 3.63) is 36.0 Å². The standard InChI is InChI=1S/C21H28N2O2/c1-2-9-20(24)18-14-23(19-13-8-7-12-17(18)19)15-21(25)22-16-10-5-3-4-6-11-16/h7-8,12-14,16H,2-6,9-11,15H2,1H3,(H,22,25). The van der Waals surface area contributed by atoms with Crippen LogP contribution in [0.15, 0.2) is 30.5 Å². The fraction of sp³-hybridized carbons (Fsp3) is 0.524. The molecule has 1 N–H and O–H groups in total. The Morgan fingerprint density at radius 3 is 2.56 bits per heavy atom. The number of carbonyl (C=O) groups is 2. The maximum atomic E-state index is 12.5. The Morgan fingerprint density at radius 2 is 1.84 bits per heavy atom. The number of nitrogens with zero attached hydrogens (tertiary/aromatic N) is 1. The molecule has 0 radical (unpaired) electrons. The highest BCUT2D eigenvalue weighted by atomic mass is 16.2. The predicted octanol–water partition coefficient (Wildman–Crippen LogP) is 4.46. The highest BCUT2D eigenvalue weighted by Crippen LogP contribution is 2.23. The normalized spacial score (nSPS) is 15.9. The molecular weight excluding hydrogens is 312 g/mol. The van der Waals surface area contributed by atoms with Gasteiger partial charge in [-0.2, -0.15) is 0 Å². The van der Waals surface area contributed by atoms with Crippen molar-refractivity contribution in [2.24, 2.45) is 0 Å². The van der Waals surface area contributed by atoms with Crippen LogP contribution in [0.3, 0.4) is 0 Å². The number of nitrogens with one attached hydrogen (secondary N) is 1. The molecular formula is C21H28N2O2. The summed E-state index contributed by atoms with van der Waals surface area (Å²) in [5, 5.41) is 4.14. The zero-order valence-electron chi connectivity index (χ0n) is 15.1.